The number of amides is 2. The van der Waals surface area contributed by atoms with Gasteiger partial charge in [0.15, 0.2) is 0 Å². The van der Waals surface area contributed by atoms with Gasteiger partial charge in [-0.3, -0.25) is 14.5 Å². The van der Waals surface area contributed by atoms with Gasteiger partial charge in [0, 0.05) is 27.3 Å². The summed E-state index contributed by atoms with van der Waals surface area (Å²) < 4.78 is 9.94. The van der Waals surface area contributed by atoms with Crippen molar-refractivity contribution in [3.63, 3.8) is 0 Å². The molecule has 1 heterocycles. The zero-order valence-corrected chi connectivity index (χ0v) is 14.9. The first-order chi connectivity index (χ1) is 12.5. The van der Waals surface area contributed by atoms with Crippen LogP contribution in [-0.2, 0) is 19.1 Å². The first-order valence-corrected chi connectivity index (χ1v) is 8.16. The second-order valence-corrected chi connectivity index (χ2v) is 5.70. The minimum atomic E-state index is -1.10. The second kappa shape index (κ2) is 9.27. The van der Waals surface area contributed by atoms with Gasteiger partial charge in [0.2, 0.25) is 11.8 Å². The van der Waals surface area contributed by atoms with Crippen molar-refractivity contribution >= 4 is 29.2 Å². The summed E-state index contributed by atoms with van der Waals surface area (Å²) in [6.45, 7) is 1.47. The molecule has 0 bridgehead atoms. The molecule has 0 saturated heterocycles. The molecular weight excluding hydrogens is 342 g/mol. The Morgan fingerprint density at radius 3 is 2.58 bits per heavy atom. The highest BCUT2D eigenvalue weighted by Gasteiger charge is 2.32. The number of ether oxygens (including phenoxy) is 2. The Kier molecular flexibility index (Phi) is 7.07. The monoisotopic (exact) mass is 365 g/mol. The van der Waals surface area contributed by atoms with Crippen LogP contribution in [0.3, 0.4) is 0 Å². The van der Waals surface area contributed by atoms with Gasteiger partial charge < -0.3 is 24.8 Å². The summed E-state index contributed by atoms with van der Waals surface area (Å²) in [5.41, 5.74) is 0.947. The van der Waals surface area contributed by atoms with Crippen LogP contribution in [0.4, 0.5) is 11.4 Å². The fraction of sp³-hybridized carbons (Fsp3) is 0.471. The Morgan fingerprint density at radius 1 is 1.19 bits per heavy atom. The lowest BCUT2D eigenvalue weighted by Gasteiger charge is -2.36. The molecule has 26 heavy (non-hydrogen) atoms. The van der Waals surface area contributed by atoms with Crippen LogP contribution in [0.2, 0.25) is 0 Å². The Labute approximate surface area is 151 Å². The van der Waals surface area contributed by atoms with E-state index in [9.17, 15) is 19.5 Å². The lowest BCUT2D eigenvalue weighted by molar-refractivity contribution is -0.122. The van der Waals surface area contributed by atoms with Crippen LogP contribution in [0, 0.1) is 0 Å². The molecule has 2 N–H and O–H groups in total. The van der Waals surface area contributed by atoms with Gasteiger partial charge in [-0.15, -0.1) is 0 Å². The maximum atomic E-state index is 12.6. The van der Waals surface area contributed by atoms with Crippen molar-refractivity contribution in [3.05, 3.63) is 23.8 Å². The number of anilines is 2. The maximum absolute atomic E-state index is 12.6. The number of fused-ring (bicyclic) bond motifs is 1. The number of nitrogens with one attached hydrogen (secondary N) is 1. The lowest BCUT2D eigenvalue weighted by Crippen LogP contribution is -2.51. The molecule has 142 valence electrons. The summed E-state index contributed by atoms with van der Waals surface area (Å²) >= 11 is 0. The number of carbonyl (C=O) groups excluding carboxylic acids is 2. The van der Waals surface area contributed by atoms with E-state index in [2.05, 4.69) is 5.32 Å². The summed E-state index contributed by atoms with van der Waals surface area (Å²) in [5, 5.41) is 12.2. The van der Waals surface area contributed by atoms with Crippen LogP contribution in [0.1, 0.15) is 10.4 Å². The molecule has 0 aromatic heterocycles. The number of hydrogen-bond donors (Lipinski definition) is 2. The number of benzene rings is 1. The normalized spacial score (nSPS) is 13.7. The predicted octanol–water partition coefficient (Wildman–Crippen LogP) is -0.0532. The average Bonchev–Trinajstić information content (AvgIpc) is 2.63. The summed E-state index contributed by atoms with van der Waals surface area (Å²) in [4.78, 5) is 39.2. The first kappa shape index (κ1) is 19.8. The first-order valence-electron chi connectivity index (χ1n) is 8.16. The minimum absolute atomic E-state index is 0.0193. The van der Waals surface area contributed by atoms with Gasteiger partial charge in [0.05, 0.1) is 36.7 Å². The fourth-order valence-electron chi connectivity index (χ4n) is 2.66. The van der Waals surface area contributed by atoms with Gasteiger partial charge in [0.25, 0.3) is 0 Å². The van der Waals surface area contributed by atoms with Crippen LogP contribution in [0.5, 0.6) is 0 Å². The predicted molar refractivity (Wildman–Crippen MR) is 94.7 cm³/mol. The Morgan fingerprint density at radius 2 is 1.92 bits per heavy atom. The average molecular weight is 365 g/mol. The van der Waals surface area contributed by atoms with Crippen molar-refractivity contribution in [3.8, 4) is 0 Å². The molecule has 9 nitrogen and oxygen atoms in total. The standard InChI is InChI=1S/C17H23N3O6/c1-25-7-5-18-10-15(21)20-11-16(22)19(6-8-26-2)13-4-3-12(17(23)24)9-14(13)20/h3-4,9,18H,5-8,10-11H2,1-2H3,(H,23,24). The molecule has 0 atom stereocenters. The lowest BCUT2D eigenvalue weighted by atomic mass is 10.1. The molecule has 0 spiro atoms. The molecule has 9 heteroatoms. The van der Waals surface area contributed by atoms with E-state index in [-0.39, 0.29) is 30.5 Å². The van der Waals surface area contributed by atoms with E-state index in [1.807, 2.05) is 0 Å². The molecule has 0 aliphatic carbocycles. The van der Waals surface area contributed by atoms with Gasteiger partial charge >= 0.3 is 5.97 Å². The highest BCUT2D eigenvalue weighted by molar-refractivity contribution is 6.12. The maximum Gasteiger partial charge on any atom is 0.335 e. The number of carboxylic acid groups (broad SMARTS) is 1. The molecule has 0 fully saturated rings. The number of carboxylic acids is 1. The third-order valence-electron chi connectivity index (χ3n) is 3.98. The molecule has 1 aliphatic heterocycles. The summed E-state index contributed by atoms with van der Waals surface area (Å²) in [7, 11) is 3.09. The molecule has 0 radical (unpaired) electrons. The topological polar surface area (TPSA) is 108 Å². The van der Waals surface area contributed by atoms with Crippen LogP contribution < -0.4 is 15.1 Å². The van der Waals surface area contributed by atoms with Gasteiger partial charge in [-0.2, -0.15) is 0 Å². The van der Waals surface area contributed by atoms with Gasteiger partial charge in [-0.05, 0) is 18.2 Å². The van der Waals surface area contributed by atoms with E-state index in [4.69, 9.17) is 9.47 Å². The van der Waals surface area contributed by atoms with E-state index >= 15 is 0 Å². The fourth-order valence-corrected chi connectivity index (χ4v) is 2.66. The largest absolute Gasteiger partial charge is 0.478 e. The van der Waals surface area contributed by atoms with Crippen LogP contribution in [0.25, 0.3) is 0 Å². The Hall–Kier alpha value is -2.49. The third kappa shape index (κ3) is 4.57. The number of aromatic carboxylic acids is 1. The van der Waals surface area contributed by atoms with Crippen molar-refractivity contribution in [2.45, 2.75) is 0 Å². The smallest absolute Gasteiger partial charge is 0.335 e. The van der Waals surface area contributed by atoms with Crippen LogP contribution >= 0.6 is 0 Å². The summed E-state index contributed by atoms with van der Waals surface area (Å²) in [6, 6.07) is 4.38. The minimum Gasteiger partial charge on any atom is -0.478 e. The Bertz CT molecular complexity index is 678. The molecule has 0 saturated carbocycles. The highest BCUT2D eigenvalue weighted by atomic mass is 16.5. The molecule has 1 aromatic rings. The number of rotatable bonds is 9. The van der Waals surface area contributed by atoms with Crippen molar-refractivity contribution in [2.75, 3.05) is 63.4 Å². The van der Waals surface area contributed by atoms with E-state index in [1.165, 1.54) is 29.0 Å². The van der Waals surface area contributed by atoms with Gasteiger partial charge in [0.1, 0.15) is 6.54 Å². The molecule has 2 amide bonds. The zero-order chi connectivity index (χ0) is 19.1. The van der Waals surface area contributed by atoms with E-state index in [0.717, 1.165) is 0 Å². The zero-order valence-electron chi connectivity index (χ0n) is 14.9. The number of methoxy groups -OCH3 is 2. The number of carbonyl (C=O) groups is 3. The highest BCUT2D eigenvalue weighted by Crippen LogP contribution is 2.34. The summed E-state index contributed by atoms with van der Waals surface area (Å²) in [6.07, 6.45) is 0. The Balaban J connectivity index is 2.29. The second-order valence-electron chi connectivity index (χ2n) is 5.70. The van der Waals surface area contributed by atoms with Crippen molar-refractivity contribution in [1.29, 1.82) is 0 Å². The van der Waals surface area contributed by atoms with E-state index < -0.39 is 5.97 Å². The van der Waals surface area contributed by atoms with Crippen molar-refractivity contribution in [2.24, 2.45) is 0 Å². The number of hydrogen-bond acceptors (Lipinski definition) is 6. The molecular formula is C17H23N3O6. The third-order valence-corrected chi connectivity index (χ3v) is 3.98. The molecule has 2 rings (SSSR count). The van der Waals surface area contributed by atoms with Gasteiger partial charge in [-0.25, -0.2) is 4.79 Å². The van der Waals surface area contributed by atoms with Crippen molar-refractivity contribution < 1.29 is 29.0 Å². The van der Waals surface area contributed by atoms with Crippen molar-refractivity contribution in [1.82, 2.24) is 5.32 Å². The molecule has 1 aliphatic rings. The molecule has 1 aromatic carbocycles. The van der Waals surface area contributed by atoms with Crippen LogP contribution in [-0.4, -0.2) is 76.5 Å². The SMILES string of the molecule is COCCNCC(=O)N1CC(=O)N(CCOC)c2ccc(C(=O)O)cc21. The quantitative estimate of drug-likeness (QED) is 0.591. The number of nitrogens with zero attached hydrogens (tertiary/aromatic N) is 2. The summed E-state index contributed by atoms with van der Waals surface area (Å²) in [5.74, 6) is -1.66. The van der Waals surface area contributed by atoms with E-state index in [1.54, 1.807) is 13.2 Å². The van der Waals surface area contributed by atoms with Gasteiger partial charge in [-0.1, -0.05) is 0 Å². The molecule has 0 unspecified atom stereocenters. The van der Waals surface area contributed by atoms with E-state index in [0.29, 0.717) is 37.7 Å². The van der Waals surface area contributed by atoms with Crippen LogP contribution in [0.15, 0.2) is 18.2 Å².